The number of carbonyl (C=O) groups is 5. The monoisotopic (exact) mass is 374 g/mol. The number of nitrogens with two attached hydrogens (primary N) is 2. The van der Waals surface area contributed by atoms with E-state index in [-0.39, 0.29) is 12.3 Å². The lowest BCUT2D eigenvalue weighted by Crippen LogP contribution is -2.55. The summed E-state index contributed by atoms with van der Waals surface area (Å²) in [6, 6.07) is -3.82. The largest absolute Gasteiger partial charge is 0.481 e. The van der Waals surface area contributed by atoms with Crippen LogP contribution in [0.4, 0.5) is 0 Å². The van der Waals surface area contributed by atoms with Crippen molar-refractivity contribution in [3.63, 3.8) is 0 Å². The Morgan fingerprint density at radius 1 is 0.962 bits per heavy atom. The number of primary amides is 1. The van der Waals surface area contributed by atoms with E-state index in [2.05, 4.69) is 10.6 Å². The average molecular weight is 374 g/mol. The van der Waals surface area contributed by atoms with E-state index in [1.807, 2.05) is 13.8 Å². The van der Waals surface area contributed by atoms with Gasteiger partial charge in [-0.2, -0.15) is 0 Å². The van der Waals surface area contributed by atoms with Crippen LogP contribution in [-0.4, -0.2) is 58.0 Å². The molecular weight excluding hydrogens is 348 g/mol. The van der Waals surface area contributed by atoms with E-state index in [9.17, 15) is 24.0 Å². The first-order valence-corrected chi connectivity index (χ1v) is 8.03. The van der Waals surface area contributed by atoms with Crippen LogP contribution in [-0.2, 0) is 24.0 Å². The van der Waals surface area contributed by atoms with E-state index in [1.54, 1.807) is 0 Å². The quantitative estimate of drug-likeness (QED) is 0.228. The molecule has 3 atom stereocenters. The van der Waals surface area contributed by atoms with Gasteiger partial charge in [0.15, 0.2) is 0 Å². The third-order valence-electron chi connectivity index (χ3n) is 3.36. The summed E-state index contributed by atoms with van der Waals surface area (Å²) in [4.78, 5) is 57.1. The van der Waals surface area contributed by atoms with Crippen molar-refractivity contribution in [1.82, 2.24) is 10.6 Å². The first-order chi connectivity index (χ1) is 11.9. The Balaban J connectivity index is 5.05. The normalized spacial score (nSPS) is 14.2. The molecule has 0 rings (SSSR count). The fourth-order valence-corrected chi connectivity index (χ4v) is 2.10. The molecule has 0 fully saturated rings. The Bertz CT molecular complexity index is 550. The number of rotatable bonds is 12. The maximum atomic E-state index is 12.2. The van der Waals surface area contributed by atoms with Gasteiger partial charge < -0.3 is 32.3 Å². The van der Waals surface area contributed by atoms with Crippen molar-refractivity contribution in [2.24, 2.45) is 17.4 Å². The first kappa shape index (κ1) is 23.3. The lowest BCUT2D eigenvalue weighted by Gasteiger charge is -2.22. The molecule has 0 spiro atoms. The minimum absolute atomic E-state index is 0.117. The maximum Gasteiger partial charge on any atom is 0.326 e. The lowest BCUT2D eigenvalue weighted by atomic mass is 10.0. The Kier molecular flexibility index (Phi) is 9.89. The number of carboxylic acids is 2. The number of carboxylic acid groups (broad SMARTS) is 2. The number of hydrogen-bond acceptors (Lipinski definition) is 6. The summed E-state index contributed by atoms with van der Waals surface area (Å²) in [6.45, 7) is 3.70. The van der Waals surface area contributed by atoms with Crippen LogP contribution in [0.25, 0.3) is 0 Å². The highest BCUT2D eigenvalue weighted by atomic mass is 16.4. The zero-order chi connectivity index (χ0) is 20.4. The molecule has 3 amide bonds. The number of hydrogen-bond donors (Lipinski definition) is 6. The van der Waals surface area contributed by atoms with Gasteiger partial charge in [0.25, 0.3) is 0 Å². The topological polar surface area (TPSA) is 202 Å². The number of aliphatic carboxylic acids is 2. The zero-order valence-corrected chi connectivity index (χ0v) is 14.7. The number of amides is 3. The molecule has 11 heteroatoms. The van der Waals surface area contributed by atoms with Crippen molar-refractivity contribution in [3.05, 3.63) is 0 Å². The Morgan fingerprint density at radius 2 is 1.50 bits per heavy atom. The van der Waals surface area contributed by atoms with Gasteiger partial charge in [-0.1, -0.05) is 13.8 Å². The van der Waals surface area contributed by atoms with E-state index < -0.39 is 60.6 Å². The van der Waals surface area contributed by atoms with Crippen LogP contribution in [0.2, 0.25) is 0 Å². The number of carbonyl (C=O) groups excluding carboxylic acids is 3. The van der Waals surface area contributed by atoms with Gasteiger partial charge in [0.05, 0.1) is 12.5 Å². The van der Waals surface area contributed by atoms with Crippen LogP contribution >= 0.6 is 0 Å². The SMILES string of the molecule is CC(C)CC(N)C(=O)NC(CC(N)=O)C(=O)NC(CCC(=O)O)C(=O)O. The maximum absolute atomic E-state index is 12.2. The summed E-state index contributed by atoms with van der Waals surface area (Å²) < 4.78 is 0. The molecule has 0 aliphatic heterocycles. The van der Waals surface area contributed by atoms with Crippen molar-refractivity contribution in [3.8, 4) is 0 Å². The standard InChI is InChI=1S/C15H26N4O7/c1-7(2)5-8(16)13(23)19-10(6-11(17)20)14(24)18-9(15(25)26)3-4-12(21)22/h7-10H,3-6,16H2,1-2H3,(H2,17,20)(H,18,24)(H,19,23)(H,21,22)(H,25,26). The Hall–Kier alpha value is -2.69. The van der Waals surface area contributed by atoms with E-state index >= 15 is 0 Å². The van der Waals surface area contributed by atoms with Crippen molar-refractivity contribution < 1.29 is 34.2 Å². The highest BCUT2D eigenvalue weighted by Gasteiger charge is 2.29. The van der Waals surface area contributed by atoms with Gasteiger partial charge >= 0.3 is 11.9 Å². The van der Waals surface area contributed by atoms with Crippen LogP contribution in [0.1, 0.15) is 39.5 Å². The third-order valence-corrected chi connectivity index (χ3v) is 3.36. The predicted octanol–water partition coefficient (Wildman–Crippen LogP) is -1.85. The van der Waals surface area contributed by atoms with E-state index in [4.69, 9.17) is 21.7 Å². The van der Waals surface area contributed by atoms with Crippen molar-refractivity contribution >= 4 is 29.7 Å². The molecule has 26 heavy (non-hydrogen) atoms. The molecule has 0 aromatic heterocycles. The minimum Gasteiger partial charge on any atom is -0.481 e. The van der Waals surface area contributed by atoms with Crippen molar-refractivity contribution in [2.45, 2.75) is 57.7 Å². The van der Waals surface area contributed by atoms with Crippen LogP contribution in [0, 0.1) is 5.92 Å². The molecule has 0 aromatic rings. The predicted molar refractivity (Wildman–Crippen MR) is 89.6 cm³/mol. The van der Waals surface area contributed by atoms with Gasteiger partial charge in [-0.25, -0.2) is 4.79 Å². The molecule has 3 unspecified atom stereocenters. The smallest absolute Gasteiger partial charge is 0.326 e. The molecule has 0 bridgehead atoms. The van der Waals surface area contributed by atoms with Crippen LogP contribution in [0.5, 0.6) is 0 Å². The Morgan fingerprint density at radius 3 is 1.92 bits per heavy atom. The van der Waals surface area contributed by atoms with Gasteiger partial charge in [-0.05, 0) is 18.8 Å². The third kappa shape index (κ3) is 9.57. The summed E-state index contributed by atoms with van der Waals surface area (Å²) in [7, 11) is 0. The molecular formula is C15H26N4O7. The molecule has 11 nitrogen and oxygen atoms in total. The summed E-state index contributed by atoms with van der Waals surface area (Å²) in [6.07, 6.45) is -1.06. The summed E-state index contributed by atoms with van der Waals surface area (Å²) in [5, 5.41) is 22.1. The van der Waals surface area contributed by atoms with Gasteiger partial charge in [0, 0.05) is 6.42 Å². The molecule has 0 radical (unpaired) electrons. The molecule has 148 valence electrons. The van der Waals surface area contributed by atoms with Crippen molar-refractivity contribution in [1.29, 1.82) is 0 Å². The van der Waals surface area contributed by atoms with E-state index in [1.165, 1.54) is 0 Å². The number of nitrogens with one attached hydrogen (secondary N) is 2. The van der Waals surface area contributed by atoms with Gasteiger partial charge in [-0.3, -0.25) is 19.2 Å². The second-order valence-electron chi connectivity index (χ2n) is 6.30. The van der Waals surface area contributed by atoms with Gasteiger partial charge in [0.1, 0.15) is 12.1 Å². The van der Waals surface area contributed by atoms with Gasteiger partial charge in [-0.15, -0.1) is 0 Å². The molecule has 0 aromatic carbocycles. The van der Waals surface area contributed by atoms with Crippen LogP contribution < -0.4 is 22.1 Å². The van der Waals surface area contributed by atoms with Crippen LogP contribution in [0.3, 0.4) is 0 Å². The van der Waals surface area contributed by atoms with Crippen molar-refractivity contribution in [2.75, 3.05) is 0 Å². The fourth-order valence-electron chi connectivity index (χ4n) is 2.10. The molecule has 8 N–H and O–H groups in total. The molecule has 0 heterocycles. The van der Waals surface area contributed by atoms with Crippen LogP contribution in [0.15, 0.2) is 0 Å². The molecule has 0 saturated carbocycles. The summed E-state index contributed by atoms with van der Waals surface area (Å²) in [5.74, 6) is -5.09. The highest BCUT2D eigenvalue weighted by molar-refractivity contribution is 5.94. The van der Waals surface area contributed by atoms with E-state index in [0.717, 1.165) is 0 Å². The lowest BCUT2D eigenvalue weighted by molar-refractivity contribution is -0.143. The first-order valence-electron chi connectivity index (χ1n) is 8.03. The molecule has 0 aliphatic carbocycles. The molecule has 0 aliphatic rings. The summed E-state index contributed by atoms with van der Waals surface area (Å²) in [5.41, 5.74) is 10.8. The zero-order valence-electron chi connectivity index (χ0n) is 14.7. The van der Waals surface area contributed by atoms with E-state index in [0.29, 0.717) is 6.42 Å². The Labute approximate surface area is 150 Å². The fraction of sp³-hybridized carbons (Fsp3) is 0.667. The second-order valence-corrected chi connectivity index (χ2v) is 6.30. The second kappa shape index (κ2) is 11.0. The minimum atomic E-state index is -1.49. The summed E-state index contributed by atoms with van der Waals surface area (Å²) >= 11 is 0. The van der Waals surface area contributed by atoms with Gasteiger partial charge in [0.2, 0.25) is 17.7 Å². The molecule has 0 saturated heterocycles. The highest BCUT2D eigenvalue weighted by Crippen LogP contribution is 2.05. The average Bonchev–Trinajstić information content (AvgIpc) is 2.48.